The molecule has 0 spiro atoms. The SMILES string of the molecule is S=C(NCc1ccccc1)Nc1nc2ccccc2nc1N1CCN(c2ccccc2)CC1. The summed E-state index contributed by atoms with van der Waals surface area (Å²) in [6.07, 6.45) is 0. The zero-order valence-electron chi connectivity index (χ0n) is 18.3. The predicted octanol–water partition coefficient (Wildman–Crippen LogP) is 4.44. The summed E-state index contributed by atoms with van der Waals surface area (Å²) in [5.41, 5.74) is 4.15. The topological polar surface area (TPSA) is 56.3 Å². The molecule has 2 N–H and O–H groups in total. The molecule has 0 atom stereocenters. The van der Waals surface area contributed by atoms with Gasteiger partial charge in [0.05, 0.1) is 11.0 Å². The molecule has 0 amide bonds. The van der Waals surface area contributed by atoms with Gasteiger partial charge in [0.2, 0.25) is 0 Å². The normalized spacial score (nSPS) is 13.7. The number of anilines is 3. The minimum Gasteiger partial charge on any atom is -0.368 e. The van der Waals surface area contributed by atoms with E-state index in [1.807, 2.05) is 42.5 Å². The Labute approximate surface area is 199 Å². The lowest BCUT2D eigenvalue weighted by Gasteiger charge is -2.37. The Morgan fingerprint density at radius 3 is 2.00 bits per heavy atom. The van der Waals surface area contributed by atoms with Crippen LogP contribution in [0, 0.1) is 0 Å². The quantitative estimate of drug-likeness (QED) is 0.432. The molecule has 0 aliphatic carbocycles. The minimum absolute atomic E-state index is 0.535. The van der Waals surface area contributed by atoms with Crippen molar-refractivity contribution in [3.63, 3.8) is 0 Å². The van der Waals surface area contributed by atoms with Crippen LogP contribution in [0.5, 0.6) is 0 Å². The third-order valence-corrected chi connectivity index (χ3v) is 6.03. The summed E-state index contributed by atoms with van der Waals surface area (Å²) in [4.78, 5) is 14.5. The summed E-state index contributed by atoms with van der Waals surface area (Å²) in [6.45, 7) is 4.23. The van der Waals surface area contributed by atoms with Crippen LogP contribution >= 0.6 is 12.2 Å². The van der Waals surface area contributed by atoms with E-state index < -0.39 is 0 Å². The Balaban J connectivity index is 1.34. The summed E-state index contributed by atoms with van der Waals surface area (Å²) < 4.78 is 0. The molecule has 0 bridgehead atoms. The average Bonchev–Trinajstić information content (AvgIpc) is 2.88. The van der Waals surface area contributed by atoms with Crippen LogP contribution in [0.4, 0.5) is 17.3 Å². The Hall–Kier alpha value is -3.71. The third-order valence-electron chi connectivity index (χ3n) is 5.78. The largest absolute Gasteiger partial charge is 0.368 e. The molecule has 1 aliphatic heterocycles. The van der Waals surface area contributed by atoms with Crippen molar-refractivity contribution in [1.29, 1.82) is 0 Å². The van der Waals surface area contributed by atoms with E-state index in [2.05, 4.69) is 62.9 Å². The molecular weight excluding hydrogens is 428 g/mol. The van der Waals surface area contributed by atoms with E-state index >= 15 is 0 Å². The van der Waals surface area contributed by atoms with E-state index in [0.717, 1.165) is 43.0 Å². The number of fused-ring (bicyclic) bond motifs is 1. The molecule has 6 nitrogen and oxygen atoms in total. The summed E-state index contributed by atoms with van der Waals surface area (Å²) >= 11 is 5.58. The Morgan fingerprint density at radius 1 is 0.727 bits per heavy atom. The van der Waals surface area contributed by atoms with Crippen molar-refractivity contribution >= 4 is 45.7 Å². The molecule has 1 aromatic heterocycles. The second kappa shape index (κ2) is 9.83. The predicted molar refractivity (Wildman–Crippen MR) is 140 cm³/mol. The van der Waals surface area contributed by atoms with Crippen molar-refractivity contribution in [1.82, 2.24) is 15.3 Å². The van der Waals surface area contributed by atoms with E-state index in [9.17, 15) is 0 Å². The first kappa shape index (κ1) is 21.2. The van der Waals surface area contributed by atoms with Gasteiger partial charge in [0.1, 0.15) is 0 Å². The van der Waals surface area contributed by atoms with Gasteiger partial charge in [0.15, 0.2) is 16.7 Å². The monoisotopic (exact) mass is 454 g/mol. The fraction of sp³-hybridized carbons (Fsp3) is 0.192. The Kier molecular flexibility index (Phi) is 6.30. The van der Waals surface area contributed by atoms with Crippen LogP contribution in [-0.2, 0) is 6.54 Å². The van der Waals surface area contributed by atoms with Gasteiger partial charge >= 0.3 is 0 Å². The maximum absolute atomic E-state index is 5.58. The summed E-state index contributed by atoms with van der Waals surface area (Å²) in [7, 11) is 0. The van der Waals surface area contributed by atoms with Crippen LogP contribution in [0.15, 0.2) is 84.9 Å². The van der Waals surface area contributed by atoms with Crippen molar-refractivity contribution in [3.8, 4) is 0 Å². The highest BCUT2D eigenvalue weighted by Gasteiger charge is 2.22. The average molecular weight is 455 g/mol. The smallest absolute Gasteiger partial charge is 0.176 e. The first-order valence-electron chi connectivity index (χ1n) is 11.2. The number of hydrogen-bond acceptors (Lipinski definition) is 5. The standard InChI is InChI=1S/C26H26N6S/c33-26(27-19-20-9-3-1-4-10-20)30-24-25(29-23-14-8-7-13-22(23)28-24)32-17-15-31(16-18-32)21-11-5-2-6-12-21/h1-14H,15-19H2,(H2,27,28,30,33). The number of benzene rings is 3. The lowest BCUT2D eigenvalue weighted by Crippen LogP contribution is -2.47. The van der Waals surface area contributed by atoms with E-state index in [1.54, 1.807) is 0 Å². The van der Waals surface area contributed by atoms with Crippen LogP contribution in [0.1, 0.15) is 5.56 Å². The molecule has 166 valence electrons. The van der Waals surface area contributed by atoms with Gasteiger partial charge < -0.3 is 20.4 Å². The summed E-state index contributed by atoms with van der Waals surface area (Å²) in [6, 6.07) is 28.7. The highest BCUT2D eigenvalue weighted by molar-refractivity contribution is 7.80. The molecule has 1 aliphatic rings. The maximum atomic E-state index is 5.58. The molecule has 0 saturated carbocycles. The molecule has 0 radical (unpaired) electrons. The second-order valence-corrected chi connectivity index (χ2v) is 8.40. The van der Waals surface area contributed by atoms with Gasteiger partial charge in [-0.25, -0.2) is 9.97 Å². The molecule has 33 heavy (non-hydrogen) atoms. The van der Waals surface area contributed by atoms with Gasteiger partial charge in [-0.3, -0.25) is 0 Å². The molecule has 4 aromatic rings. The van der Waals surface area contributed by atoms with Gasteiger partial charge in [0.25, 0.3) is 0 Å². The molecular formula is C26H26N6S. The molecule has 7 heteroatoms. The molecule has 3 aromatic carbocycles. The van der Waals surface area contributed by atoms with Gasteiger partial charge in [-0.1, -0.05) is 60.7 Å². The fourth-order valence-corrected chi connectivity index (χ4v) is 4.21. The van der Waals surface area contributed by atoms with Crippen molar-refractivity contribution in [2.24, 2.45) is 0 Å². The molecule has 1 saturated heterocycles. The van der Waals surface area contributed by atoms with Crippen molar-refractivity contribution < 1.29 is 0 Å². The number of para-hydroxylation sites is 3. The van der Waals surface area contributed by atoms with Crippen LogP contribution in [-0.4, -0.2) is 41.3 Å². The van der Waals surface area contributed by atoms with Crippen LogP contribution in [0.25, 0.3) is 11.0 Å². The highest BCUT2D eigenvalue weighted by Crippen LogP contribution is 2.27. The van der Waals surface area contributed by atoms with Crippen molar-refractivity contribution in [2.45, 2.75) is 6.54 Å². The number of hydrogen-bond donors (Lipinski definition) is 2. The number of piperazine rings is 1. The second-order valence-electron chi connectivity index (χ2n) is 7.99. The highest BCUT2D eigenvalue weighted by atomic mass is 32.1. The lowest BCUT2D eigenvalue weighted by molar-refractivity contribution is 0.648. The number of thiocarbonyl (C=S) groups is 1. The molecule has 5 rings (SSSR count). The van der Waals surface area contributed by atoms with E-state index in [-0.39, 0.29) is 0 Å². The number of nitrogens with one attached hydrogen (secondary N) is 2. The zero-order chi connectivity index (χ0) is 22.5. The maximum Gasteiger partial charge on any atom is 0.176 e. The fourth-order valence-electron chi connectivity index (χ4n) is 4.04. The number of aromatic nitrogens is 2. The summed E-state index contributed by atoms with van der Waals surface area (Å²) in [5.74, 6) is 1.53. The van der Waals surface area contributed by atoms with Crippen LogP contribution < -0.4 is 20.4 Å². The number of nitrogens with zero attached hydrogens (tertiary/aromatic N) is 4. The third kappa shape index (κ3) is 5.04. The van der Waals surface area contributed by atoms with Gasteiger partial charge in [-0.05, 0) is 42.0 Å². The minimum atomic E-state index is 0.535. The molecule has 2 heterocycles. The molecule has 0 unspecified atom stereocenters. The van der Waals surface area contributed by atoms with Crippen molar-refractivity contribution in [2.75, 3.05) is 41.3 Å². The summed E-state index contributed by atoms with van der Waals surface area (Å²) in [5, 5.41) is 7.12. The van der Waals surface area contributed by atoms with Crippen LogP contribution in [0.3, 0.4) is 0 Å². The van der Waals surface area contributed by atoms with Crippen LogP contribution in [0.2, 0.25) is 0 Å². The van der Waals surface area contributed by atoms with E-state index in [4.69, 9.17) is 22.2 Å². The van der Waals surface area contributed by atoms with E-state index in [0.29, 0.717) is 17.5 Å². The lowest BCUT2D eigenvalue weighted by atomic mass is 10.2. The van der Waals surface area contributed by atoms with Gasteiger partial charge in [-0.15, -0.1) is 0 Å². The van der Waals surface area contributed by atoms with Gasteiger partial charge in [-0.2, -0.15) is 0 Å². The first-order chi connectivity index (χ1) is 16.3. The zero-order valence-corrected chi connectivity index (χ0v) is 19.1. The van der Waals surface area contributed by atoms with Crippen molar-refractivity contribution in [3.05, 3.63) is 90.5 Å². The van der Waals surface area contributed by atoms with E-state index in [1.165, 1.54) is 11.3 Å². The first-order valence-corrected chi connectivity index (χ1v) is 11.6. The number of rotatable bonds is 5. The molecule has 1 fully saturated rings. The Bertz CT molecular complexity index is 1220. The Morgan fingerprint density at radius 2 is 1.30 bits per heavy atom. The van der Waals surface area contributed by atoms with Gasteiger partial charge in [0, 0.05) is 38.4 Å².